The molecule has 2 N–H and O–H groups in total. The highest BCUT2D eigenvalue weighted by Crippen LogP contribution is 2.30. The molecule has 1 unspecified atom stereocenters. The van der Waals surface area contributed by atoms with Crippen molar-refractivity contribution in [2.45, 2.75) is 12.5 Å². The topological polar surface area (TPSA) is 26.0 Å². The maximum Gasteiger partial charge on any atom is 0.0410 e. The fourth-order valence-corrected chi connectivity index (χ4v) is 4.07. The monoisotopic (exact) mass is 441 g/mol. The molecule has 0 saturated heterocycles. The summed E-state index contributed by atoms with van der Waals surface area (Å²) in [5.74, 6) is 0. The Morgan fingerprint density at radius 2 is 2.18 bits per heavy atom. The van der Waals surface area contributed by atoms with Gasteiger partial charge in [-0.1, -0.05) is 11.6 Å². The van der Waals surface area contributed by atoms with Crippen LogP contribution in [-0.2, 0) is 6.42 Å². The SMILES string of the molecule is NC(Cc1sccc1Br)c1cc(Cl)ccc1I. The first-order chi connectivity index (χ1) is 8.08. The highest BCUT2D eigenvalue weighted by Gasteiger charge is 2.13. The molecule has 0 bridgehead atoms. The Morgan fingerprint density at radius 3 is 2.82 bits per heavy atom. The normalized spacial score (nSPS) is 12.7. The molecule has 1 nitrogen and oxygen atoms in total. The smallest absolute Gasteiger partial charge is 0.0410 e. The molecule has 0 saturated carbocycles. The second-order valence-electron chi connectivity index (χ2n) is 3.67. The van der Waals surface area contributed by atoms with Crippen molar-refractivity contribution in [1.29, 1.82) is 0 Å². The van der Waals surface area contributed by atoms with Gasteiger partial charge in [0.1, 0.15) is 0 Å². The predicted octanol–water partition coefficient (Wildman–Crippen LogP) is 5.01. The van der Waals surface area contributed by atoms with E-state index in [9.17, 15) is 0 Å². The number of nitrogens with two attached hydrogens (primary N) is 1. The quantitative estimate of drug-likeness (QED) is 0.665. The summed E-state index contributed by atoms with van der Waals surface area (Å²) in [6.45, 7) is 0. The lowest BCUT2D eigenvalue weighted by molar-refractivity contribution is 0.724. The molecule has 2 rings (SSSR count). The van der Waals surface area contributed by atoms with Gasteiger partial charge in [-0.2, -0.15) is 0 Å². The average Bonchev–Trinajstić information content (AvgIpc) is 2.68. The third-order valence-electron chi connectivity index (χ3n) is 2.45. The number of rotatable bonds is 3. The molecule has 0 radical (unpaired) electrons. The number of hydrogen-bond donors (Lipinski definition) is 1. The van der Waals surface area contributed by atoms with Crippen molar-refractivity contribution in [3.05, 3.63) is 53.2 Å². The largest absolute Gasteiger partial charge is 0.324 e. The number of halogens is 3. The first-order valence-electron chi connectivity index (χ1n) is 5.00. The van der Waals surface area contributed by atoms with Crippen molar-refractivity contribution < 1.29 is 0 Å². The second kappa shape index (κ2) is 6.02. The maximum absolute atomic E-state index is 6.25. The van der Waals surface area contributed by atoms with Crippen LogP contribution in [0.2, 0.25) is 5.02 Å². The molecule has 0 aliphatic carbocycles. The summed E-state index contributed by atoms with van der Waals surface area (Å²) in [5.41, 5.74) is 7.36. The van der Waals surface area contributed by atoms with Gasteiger partial charge in [0.05, 0.1) is 0 Å². The number of thiophene rings is 1. The van der Waals surface area contributed by atoms with Gasteiger partial charge in [-0.15, -0.1) is 11.3 Å². The minimum atomic E-state index is -0.0180. The second-order valence-corrected chi connectivity index (χ2v) is 7.12. The van der Waals surface area contributed by atoms with Crippen LogP contribution in [0.15, 0.2) is 34.1 Å². The summed E-state index contributed by atoms with van der Waals surface area (Å²) in [5, 5.41) is 2.80. The van der Waals surface area contributed by atoms with E-state index in [4.69, 9.17) is 17.3 Å². The molecule has 0 aliphatic rings. The van der Waals surface area contributed by atoms with Crippen LogP contribution >= 0.6 is 61.5 Å². The Bertz CT molecular complexity index is 529. The Balaban J connectivity index is 2.23. The van der Waals surface area contributed by atoms with E-state index in [0.29, 0.717) is 0 Å². The average molecular weight is 443 g/mol. The van der Waals surface area contributed by atoms with Gasteiger partial charge in [0, 0.05) is 30.4 Å². The van der Waals surface area contributed by atoms with Crippen molar-refractivity contribution in [3.63, 3.8) is 0 Å². The molecule has 1 aromatic heterocycles. The van der Waals surface area contributed by atoms with Crippen LogP contribution < -0.4 is 5.73 Å². The number of hydrogen-bond acceptors (Lipinski definition) is 2. The van der Waals surface area contributed by atoms with Gasteiger partial charge < -0.3 is 5.73 Å². The van der Waals surface area contributed by atoms with Crippen molar-refractivity contribution in [1.82, 2.24) is 0 Å². The molecular weight excluding hydrogens is 432 g/mol. The van der Waals surface area contributed by atoms with E-state index < -0.39 is 0 Å². The summed E-state index contributed by atoms with van der Waals surface area (Å²) in [4.78, 5) is 1.27. The first kappa shape index (κ1) is 13.8. The lowest BCUT2D eigenvalue weighted by Crippen LogP contribution is -2.14. The predicted molar refractivity (Wildman–Crippen MR) is 86.8 cm³/mol. The van der Waals surface area contributed by atoms with Gasteiger partial charge in [0.15, 0.2) is 0 Å². The molecule has 0 amide bonds. The molecule has 17 heavy (non-hydrogen) atoms. The molecule has 1 aromatic carbocycles. The van der Waals surface area contributed by atoms with Gasteiger partial charge >= 0.3 is 0 Å². The minimum absolute atomic E-state index is 0.0180. The summed E-state index contributed by atoms with van der Waals surface area (Å²) >= 11 is 13.6. The molecule has 1 heterocycles. The van der Waals surface area contributed by atoms with Gasteiger partial charge in [-0.05, 0) is 73.7 Å². The lowest BCUT2D eigenvalue weighted by Gasteiger charge is -2.13. The fraction of sp³-hybridized carbons (Fsp3) is 0.167. The van der Waals surface area contributed by atoms with Crippen molar-refractivity contribution in [2.24, 2.45) is 5.73 Å². The van der Waals surface area contributed by atoms with E-state index in [1.54, 1.807) is 11.3 Å². The van der Waals surface area contributed by atoms with E-state index in [2.05, 4.69) is 50.0 Å². The summed E-state index contributed by atoms with van der Waals surface area (Å²) in [6.07, 6.45) is 0.828. The Labute approximate surface area is 132 Å². The third-order valence-corrected chi connectivity index (χ3v) is 5.62. The minimum Gasteiger partial charge on any atom is -0.324 e. The first-order valence-corrected chi connectivity index (χ1v) is 8.13. The zero-order chi connectivity index (χ0) is 12.4. The third kappa shape index (κ3) is 3.44. The molecule has 0 spiro atoms. The van der Waals surface area contributed by atoms with Crippen LogP contribution in [0.5, 0.6) is 0 Å². The highest BCUT2D eigenvalue weighted by molar-refractivity contribution is 14.1. The van der Waals surface area contributed by atoms with Crippen molar-refractivity contribution in [3.8, 4) is 0 Å². The fourth-order valence-electron chi connectivity index (χ4n) is 1.58. The van der Waals surface area contributed by atoms with E-state index >= 15 is 0 Å². The van der Waals surface area contributed by atoms with Crippen LogP contribution in [0.3, 0.4) is 0 Å². The number of benzene rings is 1. The molecule has 0 fully saturated rings. The Morgan fingerprint density at radius 1 is 1.41 bits per heavy atom. The zero-order valence-electron chi connectivity index (χ0n) is 8.79. The standard InChI is InChI=1S/C12H10BrClINS/c13-9-3-4-17-12(9)6-11(16)8-5-7(14)1-2-10(8)15/h1-5,11H,6,16H2. The van der Waals surface area contributed by atoms with Gasteiger partial charge in [-0.3, -0.25) is 0 Å². The molecule has 5 heteroatoms. The van der Waals surface area contributed by atoms with E-state index in [1.807, 2.05) is 18.2 Å². The van der Waals surface area contributed by atoms with E-state index in [0.717, 1.165) is 25.0 Å². The molecule has 2 aromatic rings. The lowest BCUT2D eigenvalue weighted by atomic mass is 10.0. The van der Waals surface area contributed by atoms with Gasteiger partial charge in [0.2, 0.25) is 0 Å². The molecular formula is C12H10BrClINS. The van der Waals surface area contributed by atoms with Crippen LogP contribution in [0.25, 0.3) is 0 Å². The van der Waals surface area contributed by atoms with Crippen LogP contribution in [0.4, 0.5) is 0 Å². The summed E-state index contributed by atoms with van der Waals surface area (Å²) in [7, 11) is 0. The Kier molecular flexibility index (Phi) is 4.88. The summed E-state index contributed by atoms with van der Waals surface area (Å²) < 4.78 is 2.29. The van der Waals surface area contributed by atoms with Gasteiger partial charge in [0.25, 0.3) is 0 Å². The molecule has 90 valence electrons. The van der Waals surface area contributed by atoms with E-state index in [1.165, 1.54) is 4.88 Å². The maximum atomic E-state index is 6.25. The molecule has 1 atom stereocenters. The Hall–Kier alpha value is 0.380. The van der Waals surface area contributed by atoms with Gasteiger partial charge in [-0.25, -0.2) is 0 Å². The zero-order valence-corrected chi connectivity index (χ0v) is 14.1. The summed E-state index contributed by atoms with van der Waals surface area (Å²) in [6, 6.07) is 7.88. The van der Waals surface area contributed by atoms with E-state index in [-0.39, 0.29) is 6.04 Å². The van der Waals surface area contributed by atoms with Crippen molar-refractivity contribution >= 4 is 61.5 Å². The van der Waals surface area contributed by atoms with Crippen molar-refractivity contribution in [2.75, 3.05) is 0 Å². The van der Waals surface area contributed by atoms with Crippen LogP contribution in [0.1, 0.15) is 16.5 Å². The highest BCUT2D eigenvalue weighted by atomic mass is 127. The molecule has 0 aliphatic heterocycles. The van der Waals surface area contributed by atoms with Crippen LogP contribution in [0, 0.1) is 3.57 Å². The van der Waals surface area contributed by atoms with Crippen LogP contribution in [-0.4, -0.2) is 0 Å².